The predicted molar refractivity (Wildman–Crippen MR) is 97.3 cm³/mol. The van der Waals surface area contributed by atoms with Crippen LogP contribution in [0.5, 0.6) is 11.5 Å². The van der Waals surface area contributed by atoms with Gasteiger partial charge >= 0.3 is 0 Å². The van der Waals surface area contributed by atoms with Gasteiger partial charge in [0.05, 0.1) is 12.7 Å². The number of aromatic hydroxyl groups is 1. The summed E-state index contributed by atoms with van der Waals surface area (Å²) in [5, 5.41) is 9.33. The first-order valence-electron chi connectivity index (χ1n) is 8.67. The van der Waals surface area contributed by atoms with E-state index >= 15 is 0 Å². The molecule has 0 saturated carbocycles. The van der Waals surface area contributed by atoms with Crippen molar-refractivity contribution in [3.63, 3.8) is 0 Å². The van der Waals surface area contributed by atoms with E-state index in [1.54, 1.807) is 13.0 Å². The minimum atomic E-state index is 0.121. The first kappa shape index (κ1) is 17.3. The van der Waals surface area contributed by atoms with Crippen LogP contribution >= 0.6 is 0 Å². The fourth-order valence-corrected chi connectivity index (χ4v) is 3.21. The molecule has 0 radical (unpaired) electrons. The molecule has 5 heteroatoms. The normalized spacial score (nSPS) is 18.2. The quantitative estimate of drug-likeness (QED) is 0.871. The number of ketones is 1. The third kappa shape index (κ3) is 4.50. The Hall–Kier alpha value is -2.56. The van der Waals surface area contributed by atoms with Crippen molar-refractivity contribution in [2.45, 2.75) is 38.7 Å². The van der Waals surface area contributed by atoms with E-state index in [9.17, 15) is 9.90 Å². The molecule has 1 aromatic heterocycles. The van der Waals surface area contributed by atoms with Crippen molar-refractivity contribution >= 4 is 11.6 Å². The third-order valence-corrected chi connectivity index (χ3v) is 4.55. The number of hydrogen-bond donors (Lipinski definition) is 1. The van der Waals surface area contributed by atoms with Gasteiger partial charge in [0.1, 0.15) is 29.2 Å². The van der Waals surface area contributed by atoms with Gasteiger partial charge < -0.3 is 19.5 Å². The highest BCUT2D eigenvalue weighted by Gasteiger charge is 2.25. The Kier molecular flexibility index (Phi) is 5.22. The number of pyridine rings is 1. The maximum atomic E-state index is 11.2. The highest BCUT2D eigenvalue weighted by molar-refractivity contribution is 5.76. The lowest BCUT2D eigenvalue weighted by atomic mass is 9.96. The summed E-state index contributed by atoms with van der Waals surface area (Å²) in [6, 6.07) is 11.5. The van der Waals surface area contributed by atoms with E-state index in [4.69, 9.17) is 4.74 Å². The molecule has 0 bridgehead atoms. The number of nitrogens with zero attached hydrogens (tertiary/aromatic N) is 2. The Labute approximate surface area is 148 Å². The molecule has 0 aliphatic carbocycles. The fraction of sp³-hybridized carbons (Fsp3) is 0.400. The van der Waals surface area contributed by atoms with Crippen molar-refractivity contribution in [2.24, 2.45) is 0 Å². The highest BCUT2D eigenvalue weighted by Crippen LogP contribution is 2.25. The average Bonchev–Trinajstić information content (AvgIpc) is 3.04. The Morgan fingerprint density at radius 1 is 1.32 bits per heavy atom. The van der Waals surface area contributed by atoms with Crippen molar-refractivity contribution in [1.29, 1.82) is 0 Å². The molecule has 1 saturated heterocycles. The van der Waals surface area contributed by atoms with Crippen LogP contribution in [0.2, 0.25) is 0 Å². The number of carbonyl (C=O) groups excluding carboxylic acids is 1. The van der Waals surface area contributed by atoms with E-state index in [1.165, 1.54) is 6.20 Å². The molecule has 0 unspecified atom stereocenters. The molecule has 0 spiro atoms. The summed E-state index contributed by atoms with van der Waals surface area (Å²) in [4.78, 5) is 17.7. The lowest BCUT2D eigenvalue weighted by Crippen LogP contribution is -2.25. The number of benzene rings is 1. The van der Waals surface area contributed by atoms with E-state index < -0.39 is 0 Å². The van der Waals surface area contributed by atoms with Crippen LogP contribution in [0.1, 0.15) is 38.2 Å². The Morgan fingerprint density at radius 3 is 2.72 bits per heavy atom. The number of hydrogen-bond acceptors (Lipinski definition) is 5. The third-order valence-electron chi connectivity index (χ3n) is 4.55. The van der Waals surface area contributed by atoms with E-state index in [1.807, 2.05) is 30.3 Å². The van der Waals surface area contributed by atoms with Crippen molar-refractivity contribution in [1.82, 2.24) is 4.98 Å². The number of Topliss-reactive ketones (excluding diaryl/α,β-unsaturated/α-hetero) is 1. The molecular formula is C20H24N2O3. The standard InChI is InChI=1S/C20H24N2O3/c1-14(11-15(2)23)16-3-6-18(7-4-16)25-19-9-10-22(13-19)20-8-5-17(24)12-21-20/h3-8,12,14,19,24H,9-11,13H2,1-2H3/t14-,19-/m1/s1. The maximum absolute atomic E-state index is 11.2. The summed E-state index contributed by atoms with van der Waals surface area (Å²) < 4.78 is 6.08. The summed E-state index contributed by atoms with van der Waals surface area (Å²) >= 11 is 0. The highest BCUT2D eigenvalue weighted by atomic mass is 16.5. The maximum Gasteiger partial charge on any atom is 0.134 e. The van der Waals surface area contributed by atoms with Gasteiger partial charge in [-0.3, -0.25) is 0 Å². The van der Waals surface area contributed by atoms with Crippen molar-refractivity contribution < 1.29 is 14.6 Å². The van der Waals surface area contributed by atoms with Crippen LogP contribution in [-0.4, -0.2) is 35.1 Å². The fourth-order valence-electron chi connectivity index (χ4n) is 3.21. The van der Waals surface area contributed by atoms with Crippen LogP contribution in [0.3, 0.4) is 0 Å². The van der Waals surface area contributed by atoms with Crippen LogP contribution < -0.4 is 9.64 Å². The largest absolute Gasteiger partial charge is 0.506 e. The van der Waals surface area contributed by atoms with E-state index in [0.717, 1.165) is 36.6 Å². The molecular weight excluding hydrogens is 316 g/mol. The first-order valence-corrected chi connectivity index (χ1v) is 8.67. The van der Waals surface area contributed by atoms with Crippen LogP contribution in [0.4, 0.5) is 5.82 Å². The van der Waals surface area contributed by atoms with Crippen molar-refractivity contribution in [2.75, 3.05) is 18.0 Å². The summed E-state index contributed by atoms with van der Waals surface area (Å²) in [5.74, 6) is 2.33. The zero-order valence-corrected chi connectivity index (χ0v) is 14.7. The van der Waals surface area contributed by atoms with Gasteiger partial charge in [-0.1, -0.05) is 19.1 Å². The Morgan fingerprint density at radius 2 is 2.08 bits per heavy atom. The molecule has 132 valence electrons. The van der Waals surface area contributed by atoms with Crippen LogP contribution in [0.25, 0.3) is 0 Å². The molecule has 5 nitrogen and oxygen atoms in total. The molecule has 2 atom stereocenters. The van der Waals surface area contributed by atoms with Gasteiger partial charge in [-0.2, -0.15) is 0 Å². The molecule has 1 aliphatic rings. The monoisotopic (exact) mass is 340 g/mol. The summed E-state index contributed by atoms with van der Waals surface area (Å²) in [6.45, 7) is 5.36. The second kappa shape index (κ2) is 7.55. The molecule has 1 fully saturated rings. The topological polar surface area (TPSA) is 62.7 Å². The minimum Gasteiger partial charge on any atom is -0.506 e. The summed E-state index contributed by atoms with van der Waals surface area (Å²) in [7, 11) is 0. The van der Waals surface area contributed by atoms with E-state index in [-0.39, 0.29) is 23.6 Å². The van der Waals surface area contributed by atoms with Gasteiger partial charge in [0, 0.05) is 19.4 Å². The smallest absolute Gasteiger partial charge is 0.134 e. The SMILES string of the molecule is CC(=O)C[C@@H](C)c1ccc(O[C@@H]2CCN(c3ccc(O)cn3)C2)cc1. The second-order valence-electron chi connectivity index (χ2n) is 6.73. The van der Waals surface area contributed by atoms with Gasteiger partial charge in [0.25, 0.3) is 0 Å². The zero-order valence-electron chi connectivity index (χ0n) is 14.7. The lowest BCUT2D eigenvalue weighted by Gasteiger charge is -2.18. The average molecular weight is 340 g/mol. The molecule has 0 amide bonds. The Bertz CT molecular complexity index is 713. The van der Waals surface area contributed by atoms with Gasteiger partial charge in [0.2, 0.25) is 0 Å². The van der Waals surface area contributed by atoms with Crippen LogP contribution in [-0.2, 0) is 4.79 Å². The number of rotatable bonds is 6. The summed E-state index contributed by atoms with van der Waals surface area (Å²) in [5.41, 5.74) is 1.16. The first-order chi connectivity index (χ1) is 12.0. The van der Waals surface area contributed by atoms with Gasteiger partial charge in [-0.05, 0) is 42.7 Å². The zero-order chi connectivity index (χ0) is 17.8. The van der Waals surface area contributed by atoms with Gasteiger partial charge in [-0.15, -0.1) is 0 Å². The molecule has 25 heavy (non-hydrogen) atoms. The Balaban J connectivity index is 1.56. The van der Waals surface area contributed by atoms with Crippen molar-refractivity contribution in [3.05, 3.63) is 48.2 Å². The van der Waals surface area contributed by atoms with E-state index in [0.29, 0.717) is 6.42 Å². The van der Waals surface area contributed by atoms with E-state index in [2.05, 4.69) is 16.8 Å². The number of ether oxygens (including phenoxy) is 1. The molecule has 1 aromatic carbocycles. The van der Waals surface area contributed by atoms with Gasteiger partial charge in [0.15, 0.2) is 0 Å². The molecule has 1 N–H and O–H groups in total. The minimum absolute atomic E-state index is 0.121. The lowest BCUT2D eigenvalue weighted by molar-refractivity contribution is -0.117. The molecule has 2 heterocycles. The number of aromatic nitrogens is 1. The summed E-state index contributed by atoms with van der Waals surface area (Å²) in [6.07, 6.45) is 3.09. The number of anilines is 1. The van der Waals surface area contributed by atoms with Crippen LogP contribution in [0, 0.1) is 0 Å². The molecule has 3 rings (SSSR count). The molecule has 1 aliphatic heterocycles. The van der Waals surface area contributed by atoms with Crippen molar-refractivity contribution in [3.8, 4) is 11.5 Å². The predicted octanol–water partition coefficient (Wildman–Crippen LogP) is 3.53. The van der Waals surface area contributed by atoms with Crippen LogP contribution in [0.15, 0.2) is 42.6 Å². The second-order valence-corrected chi connectivity index (χ2v) is 6.73. The number of carbonyl (C=O) groups is 1. The van der Waals surface area contributed by atoms with Gasteiger partial charge in [-0.25, -0.2) is 4.98 Å². The molecule has 2 aromatic rings.